The first-order valence-corrected chi connectivity index (χ1v) is 7.01. The molecule has 7 nitrogen and oxygen atoms in total. The molecular formula is C15H20N2O5. The molecule has 0 bridgehead atoms. The molecule has 1 aromatic rings. The van der Waals surface area contributed by atoms with Gasteiger partial charge in [-0.25, -0.2) is 0 Å². The van der Waals surface area contributed by atoms with Gasteiger partial charge in [-0.2, -0.15) is 0 Å². The maximum atomic E-state index is 11.7. The SMILES string of the molecule is COc1ccc(N2CCN(C(=O)CC(=O)O)CC2)cc1OC. The second kappa shape index (κ2) is 7.02. The van der Waals surface area contributed by atoms with Gasteiger partial charge in [-0.15, -0.1) is 0 Å². The van der Waals surface area contributed by atoms with Crippen molar-refractivity contribution in [2.45, 2.75) is 6.42 Å². The summed E-state index contributed by atoms with van der Waals surface area (Å²) in [5.74, 6) is -0.0994. The van der Waals surface area contributed by atoms with E-state index in [1.54, 1.807) is 19.1 Å². The zero-order valence-corrected chi connectivity index (χ0v) is 12.7. The smallest absolute Gasteiger partial charge is 0.312 e. The lowest BCUT2D eigenvalue weighted by atomic mass is 10.2. The number of piperazine rings is 1. The fourth-order valence-corrected chi connectivity index (χ4v) is 2.48. The lowest BCUT2D eigenvalue weighted by Crippen LogP contribution is -2.49. The van der Waals surface area contributed by atoms with Crippen LogP contribution in [0.4, 0.5) is 5.69 Å². The lowest BCUT2D eigenvalue weighted by molar-refractivity contribution is -0.144. The van der Waals surface area contributed by atoms with Crippen LogP contribution in [0, 0.1) is 0 Å². The normalized spacial score (nSPS) is 14.6. The Labute approximate surface area is 129 Å². The van der Waals surface area contributed by atoms with Crippen LogP contribution in [0.5, 0.6) is 11.5 Å². The third kappa shape index (κ3) is 3.60. The number of carboxylic acids is 1. The minimum absolute atomic E-state index is 0.334. The molecule has 0 atom stereocenters. The van der Waals surface area contributed by atoms with Crippen molar-refractivity contribution in [1.82, 2.24) is 4.90 Å². The number of nitrogens with zero attached hydrogens (tertiary/aromatic N) is 2. The molecule has 1 aliphatic heterocycles. The number of aliphatic carboxylic acids is 1. The molecule has 0 saturated carbocycles. The van der Waals surface area contributed by atoms with Crippen LogP contribution in [0.1, 0.15) is 6.42 Å². The maximum Gasteiger partial charge on any atom is 0.312 e. The van der Waals surface area contributed by atoms with Crippen LogP contribution in [0.25, 0.3) is 0 Å². The standard InChI is InChI=1S/C15H20N2O5/c1-21-12-4-3-11(9-13(12)22-2)16-5-7-17(8-6-16)14(18)10-15(19)20/h3-4,9H,5-8,10H2,1-2H3,(H,19,20). The van der Waals surface area contributed by atoms with Gasteiger partial charge in [-0.1, -0.05) is 0 Å². The molecule has 120 valence electrons. The third-order valence-electron chi connectivity index (χ3n) is 3.67. The predicted octanol–water partition coefficient (Wildman–Crippen LogP) is 0.827. The highest BCUT2D eigenvalue weighted by Gasteiger charge is 2.23. The van der Waals surface area contributed by atoms with Crippen LogP contribution < -0.4 is 14.4 Å². The molecular weight excluding hydrogens is 288 g/mol. The summed E-state index contributed by atoms with van der Waals surface area (Å²) >= 11 is 0. The Kier molecular flexibility index (Phi) is 5.08. The monoisotopic (exact) mass is 308 g/mol. The molecule has 22 heavy (non-hydrogen) atoms. The summed E-state index contributed by atoms with van der Waals surface area (Å²) < 4.78 is 10.5. The van der Waals surface area contributed by atoms with Crippen molar-refractivity contribution in [2.24, 2.45) is 0 Å². The van der Waals surface area contributed by atoms with E-state index in [4.69, 9.17) is 14.6 Å². The zero-order chi connectivity index (χ0) is 16.1. The molecule has 7 heteroatoms. The molecule has 0 aromatic heterocycles. The Morgan fingerprint density at radius 2 is 1.73 bits per heavy atom. The first-order chi connectivity index (χ1) is 10.5. The molecule has 0 radical (unpaired) electrons. The average Bonchev–Trinajstić information content (AvgIpc) is 2.53. The number of carboxylic acid groups (broad SMARTS) is 1. The highest BCUT2D eigenvalue weighted by atomic mass is 16.5. The topological polar surface area (TPSA) is 79.3 Å². The van der Waals surface area contributed by atoms with Gasteiger partial charge >= 0.3 is 5.97 Å². The van der Waals surface area contributed by atoms with E-state index in [9.17, 15) is 9.59 Å². The Hall–Kier alpha value is -2.44. The predicted molar refractivity (Wildman–Crippen MR) is 80.6 cm³/mol. The molecule has 1 N–H and O–H groups in total. The van der Waals surface area contributed by atoms with Gasteiger partial charge in [-0.05, 0) is 12.1 Å². The fraction of sp³-hybridized carbons (Fsp3) is 0.467. The van der Waals surface area contributed by atoms with Crippen LogP contribution in [-0.2, 0) is 9.59 Å². The van der Waals surface area contributed by atoms with E-state index < -0.39 is 12.4 Å². The molecule has 1 aliphatic rings. The first-order valence-electron chi connectivity index (χ1n) is 7.01. The summed E-state index contributed by atoms with van der Waals surface area (Å²) in [6.45, 7) is 2.34. The first kappa shape index (κ1) is 15.9. The molecule has 2 rings (SSSR count). The summed E-state index contributed by atoms with van der Waals surface area (Å²) in [6, 6.07) is 5.68. The number of carbonyl (C=O) groups excluding carboxylic acids is 1. The number of hydrogen-bond donors (Lipinski definition) is 1. The van der Waals surface area contributed by atoms with Crippen molar-refractivity contribution < 1.29 is 24.2 Å². The van der Waals surface area contributed by atoms with E-state index in [0.717, 1.165) is 5.69 Å². The minimum Gasteiger partial charge on any atom is -0.493 e. The summed E-state index contributed by atoms with van der Waals surface area (Å²) in [4.78, 5) is 26.0. The lowest BCUT2D eigenvalue weighted by Gasteiger charge is -2.36. The Morgan fingerprint density at radius 3 is 2.27 bits per heavy atom. The molecule has 0 unspecified atom stereocenters. The number of amides is 1. The van der Waals surface area contributed by atoms with Gasteiger partial charge in [0, 0.05) is 37.9 Å². The molecule has 0 aliphatic carbocycles. The van der Waals surface area contributed by atoms with Crippen molar-refractivity contribution in [2.75, 3.05) is 45.3 Å². The number of carbonyl (C=O) groups is 2. The Morgan fingerprint density at radius 1 is 1.09 bits per heavy atom. The van der Waals surface area contributed by atoms with Gasteiger partial charge in [0.05, 0.1) is 14.2 Å². The van der Waals surface area contributed by atoms with E-state index in [1.807, 2.05) is 18.2 Å². The van der Waals surface area contributed by atoms with Crippen molar-refractivity contribution in [3.63, 3.8) is 0 Å². The highest BCUT2D eigenvalue weighted by Crippen LogP contribution is 2.31. The van der Waals surface area contributed by atoms with Crippen molar-refractivity contribution in [3.8, 4) is 11.5 Å². The van der Waals surface area contributed by atoms with E-state index in [1.165, 1.54) is 0 Å². The zero-order valence-electron chi connectivity index (χ0n) is 12.7. The van der Waals surface area contributed by atoms with Crippen molar-refractivity contribution in [3.05, 3.63) is 18.2 Å². The van der Waals surface area contributed by atoms with Gasteiger partial charge in [0.1, 0.15) is 6.42 Å². The number of benzene rings is 1. The summed E-state index contributed by atoms with van der Waals surface area (Å²) in [6.07, 6.45) is -0.448. The van der Waals surface area contributed by atoms with E-state index in [0.29, 0.717) is 37.7 Å². The van der Waals surface area contributed by atoms with E-state index >= 15 is 0 Å². The van der Waals surface area contributed by atoms with E-state index in [2.05, 4.69) is 4.90 Å². The van der Waals surface area contributed by atoms with Gasteiger partial charge in [-0.3, -0.25) is 9.59 Å². The number of rotatable bonds is 5. The quantitative estimate of drug-likeness (QED) is 0.812. The minimum atomic E-state index is -1.09. The molecule has 1 heterocycles. The van der Waals surface area contributed by atoms with Crippen LogP contribution in [0.3, 0.4) is 0 Å². The Balaban J connectivity index is 1.99. The third-order valence-corrected chi connectivity index (χ3v) is 3.67. The molecule has 1 saturated heterocycles. The van der Waals surface area contributed by atoms with Gasteiger partial charge in [0.25, 0.3) is 0 Å². The molecule has 0 spiro atoms. The summed E-state index contributed by atoms with van der Waals surface area (Å²) in [7, 11) is 3.18. The second-order valence-corrected chi connectivity index (χ2v) is 4.98. The number of ether oxygens (including phenoxy) is 2. The number of methoxy groups -OCH3 is 2. The molecule has 1 aromatic carbocycles. The maximum absolute atomic E-state index is 11.7. The van der Waals surface area contributed by atoms with Gasteiger partial charge < -0.3 is 24.4 Å². The van der Waals surface area contributed by atoms with Crippen LogP contribution in [0.2, 0.25) is 0 Å². The summed E-state index contributed by atoms with van der Waals surface area (Å²) in [5, 5.41) is 8.67. The van der Waals surface area contributed by atoms with Crippen LogP contribution >= 0.6 is 0 Å². The average molecular weight is 308 g/mol. The summed E-state index contributed by atoms with van der Waals surface area (Å²) in [5.41, 5.74) is 0.989. The van der Waals surface area contributed by atoms with Crippen molar-refractivity contribution >= 4 is 17.6 Å². The highest BCUT2D eigenvalue weighted by molar-refractivity contribution is 5.93. The largest absolute Gasteiger partial charge is 0.493 e. The second-order valence-electron chi connectivity index (χ2n) is 4.98. The number of hydrogen-bond acceptors (Lipinski definition) is 5. The van der Waals surface area contributed by atoms with Gasteiger partial charge in [0.2, 0.25) is 5.91 Å². The van der Waals surface area contributed by atoms with E-state index in [-0.39, 0.29) is 5.91 Å². The van der Waals surface area contributed by atoms with Gasteiger partial charge in [0.15, 0.2) is 11.5 Å². The van der Waals surface area contributed by atoms with Crippen molar-refractivity contribution in [1.29, 1.82) is 0 Å². The molecule has 1 amide bonds. The molecule has 1 fully saturated rings. The Bertz CT molecular complexity index is 553. The number of anilines is 1. The fourth-order valence-electron chi connectivity index (χ4n) is 2.48. The van der Waals surface area contributed by atoms with Crippen LogP contribution in [0.15, 0.2) is 18.2 Å². The van der Waals surface area contributed by atoms with Crippen LogP contribution in [-0.4, -0.2) is 62.3 Å².